The lowest BCUT2D eigenvalue weighted by Crippen LogP contribution is -2.53. The number of urea groups is 1. The maximum atomic E-state index is 12.1. The van der Waals surface area contributed by atoms with Crippen molar-refractivity contribution < 1.29 is 14.3 Å². The first-order valence-corrected chi connectivity index (χ1v) is 9.11. The molecule has 0 aromatic carbocycles. The fourth-order valence-electron chi connectivity index (χ4n) is 3.60. The molecule has 24 heavy (non-hydrogen) atoms. The van der Waals surface area contributed by atoms with E-state index in [-0.39, 0.29) is 18.2 Å². The van der Waals surface area contributed by atoms with E-state index in [9.17, 15) is 9.59 Å². The molecule has 2 fully saturated rings. The first-order chi connectivity index (χ1) is 11.5. The van der Waals surface area contributed by atoms with E-state index in [0.717, 1.165) is 25.9 Å². The largest absolute Gasteiger partial charge is 0.453 e. The minimum atomic E-state index is -0.321. The predicted octanol–water partition coefficient (Wildman–Crippen LogP) is 1.64. The van der Waals surface area contributed by atoms with E-state index in [0.29, 0.717) is 31.6 Å². The minimum absolute atomic E-state index is 0.00336. The number of nitrogens with one attached hydrogen (secondary N) is 2. The van der Waals surface area contributed by atoms with Crippen molar-refractivity contribution in [1.82, 2.24) is 20.4 Å². The molecule has 2 aliphatic heterocycles. The average Bonchev–Trinajstić information content (AvgIpc) is 2.59. The quantitative estimate of drug-likeness (QED) is 0.816. The standard InChI is InChI=1S/C17H32N4O3/c1-13(2)20-8-4-6-14(11-20)10-18-16(22)19-15-7-5-9-21(12-15)17(23)24-3/h13-15H,4-12H2,1-3H3,(H2,18,19,22)/t14-,15-/m1/s1. The van der Waals surface area contributed by atoms with Gasteiger partial charge in [-0.25, -0.2) is 9.59 Å². The van der Waals surface area contributed by atoms with Crippen LogP contribution >= 0.6 is 0 Å². The highest BCUT2D eigenvalue weighted by Crippen LogP contribution is 2.17. The molecule has 0 aromatic heterocycles. The van der Waals surface area contributed by atoms with Crippen LogP contribution in [0, 0.1) is 5.92 Å². The minimum Gasteiger partial charge on any atom is -0.453 e. The monoisotopic (exact) mass is 340 g/mol. The molecule has 2 heterocycles. The van der Waals surface area contributed by atoms with Crippen molar-refractivity contribution in [2.24, 2.45) is 5.92 Å². The molecule has 0 radical (unpaired) electrons. The van der Waals surface area contributed by atoms with Crippen LogP contribution in [0.3, 0.4) is 0 Å². The summed E-state index contributed by atoms with van der Waals surface area (Å²) in [6.45, 7) is 8.58. The van der Waals surface area contributed by atoms with Crippen LogP contribution in [-0.2, 0) is 4.74 Å². The van der Waals surface area contributed by atoms with Crippen molar-refractivity contribution in [3.63, 3.8) is 0 Å². The molecule has 0 unspecified atom stereocenters. The van der Waals surface area contributed by atoms with Crippen LogP contribution in [0.1, 0.15) is 39.5 Å². The number of likely N-dealkylation sites (tertiary alicyclic amines) is 2. The predicted molar refractivity (Wildman–Crippen MR) is 93.0 cm³/mol. The first kappa shape index (κ1) is 18.8. The van der Waals surface area contributed by atoms with E-state index in [4.69, 9.17) is 4.74 Å². The van der Waals surface area contributed by atoms with Crippen LogP contribution in [0.5, 0.6) is 0 Å². The van der Waals surface area contributed by atoms with Gasteiger partial charge in [0.25, 0.3) is 0 Å². The molecule has 0 aliphatic carbocycles. The number of hydrogen-bond acceptors (Lipinski definition) is 4. The van der Waals surface area contributed by atoms with Crippen LogP contribution in [0.2, 0.25) is 0 Å². The van der Waals surface area contributed by atoms with Gasteiger partial charge in [0.15, 0.2) is 0 Å². The van der Waals surface area contributed by atoms with E-state index >= 15 is 0 Å². The molecule has 0 spiro atoms. The maximum Gasteiger partial charge on any atom is 0.409 e. The fourth-order valence-corrected chi connectivity index (χ4v) is 3.60. The molecular formula is C17H32N4O3. The Morgan fingerprint density at radius 1 is 1.17 bits per heavy atom. The van der Waals surface area contributed by atoms with Crippen molar-refractivity contribution in [3.8, 4) is 0 Å². The molecule has 2 rings (SSSR count). The zero-order chi connectivity index (χ0) is 17.5. The summed E-state index contributed by atoms with van der Waals surface area (Å²) in [7, 11) is 1.39. The van der Waals surface area contributed by atoms with Crippen molar-refractivity contribution in [2.75, 3.05) is 39.8 Å². The number of rotatable bonds is 4. The maximum absolute atomic E-state index is 12.1. The van der Waals surface area contributed by atoms with E-state index in [1.807, 2.05) is 0 Å². The number of ether oxygens (including phenoxy) is 1. The van der Waals surface area contributed by atoms with Gasteiger partial charge in [-0.1, -0.05) is 0 Å². The number of carbonyl (C=O) groups is 2. The molecule has 7 nitrogen and oxygen atoms in total. The van der Waals surface area contributed by atoms with Crippen molar-refractivity contribution >= 4 is 12.1 Å². The summed E-state index contributed by atoms with van der Waals surface area (Å²) < 4.78 is 4.75. The van der Waals surface area contributed by atoms with Gasteiger partial charge in [0, 0.05) is 38.3 Å². The Morgan fingerprint density at radius 2 is 1.92 bits per heavy atom. The number of nitrogens with zero attached hydrogens (tertiary/aromatic N) is 2. The van der Waals surface area contributed by atoms with Gasteiger partial charge in [-0.05, 0) is 52.0 Å². The third-order valence-electron chi connectivity index (χ3n) is 5.02. The summed E-state index contributed by atoms with van der Waals surface area (Å²) in [5, 5.41) is 5.99. The van der Waals surface area contributed by atoms with Gasteiger partial charge in [-0.2, -0.15) is 0 Å². The summed E-state index contributed by atoms with van der Waals surface area (Å²) in [6, 6.07) is 0.429. The van der Waals surface area contributed by atoms with Crippen LogP contribution in [0.4, 0.5) is 9.59 Å². The summed E-state index contributed by atoms with van der Waals surface area (Å²) in [5.41, 5.74) is 0. The van der Waals surface area contributed by atoms with Gasteiger partial charge in [0.05, 0.1) is 7.11 Å². The number of methoxy groups -OCH3 is 1. The Labute approximate surface area is 145 Å². The van der Waals surface area contributed by atoms with Crippen LogP contribution in [0.25, 0.3) is 0 Å². The Kier molecular flexibility index (Phi) is 7.15. The van der Waals surface area contributed by atoms with Gasteiger partial charge in [0.2, 0.25) is 0 Å². The molecular weight excluding hydrogens is 308 g/mol. The highest BCUT2D eigenvalue weighted by molar-refractivity contribution is 5.74. The average molecular weight is 340 g/mol. The topological polar surface area (TPSA) is 73.9 Å². The van der Waals surface area contributed by atoms with Gasteiger partial charge in [-0.15, -0.1) is 0 Å². The smallest absolute Gasteiger partial charge is 0.409 e. The second-order valence-electron chi connectivity index (χ2n) is 7.21. The third-order valence-corrected chi connectivity index (χ3v) is 5.02. The van der Waals surface area contributed by atoms with Crippen molar-refractivity contribution in [1.29, 1.82) is 0 Å². The van der Waals surface area contributed by atoms with E-state index < -0.39 is 0 Å². The molecule has 2 aliphatic rings. The molecule has 7 heteroatoms. The summed E-state index contributed by atoms with van der Waals surface area (Å²) >= 11 is 0. The number of piperidine rings is 2. The van der Waals surface area contributed by atoms with E-state index in [1.54, 1.807) is 4.90 Å². The number of hydrogen-bond donors (Lipinski definition) is 2. The second-order valence-corrected chi connectivity index (χ2v) is 7.21. The SMILES string of the molecule is COC(=O)N1CCC[C@@H](NC(=O)NC[C@H]2CCCN(C(C)C)C2)C1. The fraction of sp³-hybridized carbons (Fsp3) is 0.882. The Bertz CT molecular complexity index is 430. The third kappa shape index (κ3) is 5.54. The highest BCUT2D eigenvalue weighted by atomic mass is 16.5. The lowest BCUT2D eigenvalue weighted by Gasteiger charge is -2.35. The Balaban J connectivity index is 1.70. The first-order valence-electron chi connectivity index (χ1n) is 9.11. The zero-order valence-corrected chi connectivity index (χ0v) is 15.2. The molecule has 2 atom stereocenters. The summed E-state index contributed by atoms with van der Waals surface area (Å²) in [6.07, 6.45) is 3.82. The van der Waals surface area contributed by atoms with Crippen LogP contribution in [0.15, 0.2) is 0 Å². The number of carbonyl (C=O) groups excluding carboxylic acids is 2. The molecule has 2 N–H and O–H groups in total. The Hall–Kier alpha value is -1.50. The Morgan fingerprint density at radius 3 is 2.62 bits per heavy atom. The molecule has 0 saturated carbocycles. The summed E-state index contributed by atoms with van der Waals surface area (Å²) in [5.74, 6) is 0.518. The molecule has 3 amide bonds. The van der Waals surface area contributed by atoms with Crippen LogP contribution in [-0.4, -0.2) is 73.8 Å². The lowest BCUT2D eigenvalue weighted by atomic mass is 9.97. The summed E-state index contributed by atoms with van der Waals surface area (Å²) in [4.78, 5) is 27.9. The molecule has 2 saturated heterocycles. The van der Waals surface area contributed by atoms with E-state index in [2.05, 4.69) is 29.4 Å². The normalized spacial score (nSPS) is 25.4. The molecule has 0 aromatic rings. The zero-order valence-electron chi connectivity index (χ0n) is 15.2. The van der Waals surface area contributed by atoms with Crippen molar-refractivity contribution in [3.05, 3.63) is 0 Å². The molecule has 138 valence electrons. The molecule has 0 bridgehead atoms. The van der Waals surface area contributed by atoms with Crippen molar-refractivity contribution in [2.45, 2.75) is 51.6 Å². The van der Waals surface area contributed by atoms with Gasteiger partial charge in [0.1, 0.15) is 0 Å². The van der Waals surface area contributed by atoms with Gasteiger partial charge < -0.3 is 25.2 Å². The van der Waals surface area contributed by atoms with E-state index in [1.165, 1.54) is 20.0 Å². The lowest BCUT2D eigenvalue weighted by molar-refractivity contribution is 0.107. The van der Waals surface area contributed by atoms with Gasteiger partial charge >= 0.3 is 12.1 Å². The second kappa shape index (κ2) is 9.11. The highest BCUT2D eigenvalue weighted by Gasteiger charge is 2.26. The number of amides is 3. The van der Waals surface area contributed by atoms with Gasteiger partial charge in [-0.3, -0.25) is 0 Å². The van der Waals surface area contributed by atoms with Crippen LogP contribution < -0.4 is 10.6 Å².